The van der Waals surface area contributed by atoms with Crippen LogP contribution in [-0.2, 0) is 19.3 Å². The molecule has 0 saturated heterocycles. The van der Waals surface area contributed by atoms with Crippen molar-refractivity contribution in [2.45, 2.75) is 51.4 Å². The fraction of sp³-hybridized carbons (Fsp3) is 0.562. The van der Waals surface area contributed by atoms with Crippen LogP contribution in [-0.4, -0.2) is 32.0 Å². The molecule has 3 N–H and O–H groups in total. The Balaban J connectivity index is 1.55. The lowest BCUT2D eigenvalue weighted by atomic mass is 10.2. The van der Waals surface area contributed by atoms with Crippen molar-refractivity contribution in [1.29, 1.82) is 0 Å². The molecule has 0 atom stereocenters. The number of aryl methyl sites for hydroxylation is 2. The number of nitrogens with zero attached hydrogens (tertiary/aromatic N) is 4. The Hall–Kier alpha value is -2.52. The van der Waals surface area contributed by atoms with E-state index in [4.69, 9.17) is 5.73 Å². The van der Waals surface area contributed by atoms with Crippen molar-refractivity contribution in [2.24, 2.45) is 0 Å². The zero-order valence-electron chi connectivity index (χ0n) is 14.4. The van der Waals surface area contributed by atoms with E-state index in [1.54, 1.807) is 10.9 Å². The summed E-state index contributed by atoms with van der Waals surface area (Å²) in [5.74, 6) is -0.237. The lowest BCUT2D eigenvalue weighted by molar-refractivity contribution is -0.141. The van der Waals surface area contributed by atoms with Crippen LogP contribution < -0.4 is 11.1 Å². The number of hydrogen-bond donors (Lipinski definition) is 2. The van der Waals surface area contributed by atoms with Gasteiger partial charge in [-0.05, 0) is 32.3 Å². The standard InChI is InChI=1S/C16H21F3N6O/c1-2-24-9-11(20)14(23-24)15(26)21-6-3-7-25-12(10-4-5-10)8-13(22-25)16(17,18)19/h8-10H,2-7,20H2,1H3,(H,21,26). The molecule has 7 nitrogen and oxygen atoms in total. The van der Waals surface area contributed by atoms with Crippen molar-refractivity contribution in [3.05, 3.63) is 29.3 Å². The Morgan fingerprint density at radius 2 is 2.12 bits per heavy atom. The molecule has 2 heterocycles. The molecular formula is C16H21F3N6O. The van der Waals surface area contributed by atoms with E-state index in [1.807, 2.05) is 6.92 Å². The van der Waals surface area contributed by atoms with E-state index in [0.717, 1.165) is 18.9 Å². The molecule has 1 amide bonds. The first-order chi connectivity index (χ1) is 12.3. The van der Waals surface area contributed by atoms with Crippen molar-refractivity contribution >= 4 is 11.6 Å². The summed E-state index contributed by atoms with van der Waals surface area (Å²) in [5, 5.41) is 10.5. The molecule has 0 spiro atoms. The van der Waals surface area contributed by atoms with Crippen molar-refractivity contribution in [1.82, 2.24) is 24.9 Å². The molecule has 1 saturated carbocycles. The number of halogens is 3. The van der Waals surface area contributed by atoms with Crippen LogP contribution in [0.15, 0.2) is 12.3 Å². The Labute approximate surface area is 148 Å². The number of hydrogen-bond acceptors (Lipinski definition) is 4. The monoisotopic (exact) mass is 370 g/mol. The number of nitrogens with one attached hydrogen (secondary N) is 1. The van der Waals surface area contributed by atoms with Gasteiger partial charge in [0, 0.05) is 37.4 Å². The van der Waals surface area contributed by atoms with Crippen LogP contribution in [0.1, 0.15) is 54.0 Å². The largest absolute Gasteiger partial charge is 0.435 e. The maximum Gasteiger partial charge on any atom is 0.435 e. The molecule has 1 aliphatic carbocycles. The first kappa shape index (κ1) is 18.3. The second kappa shape index (κ2) is 7.00. The SMILES string of the molecule is CCn1cc(N)c(C(=O)NCCCn2nc(C(F)(F)F)cc2C2CC2)n1. The first-order valence-electron chi connectivity index (χ1n) is 8.55. The Bertz CT molecular complexity index is 790. The molecular weight excluding hydrogens is 349 g/mol. The molecule has 3 rings (SSSR count). The van der Waals surface area contributed by atoms with Gasteiger partial charge in [0.05, 0.1) is 5.69 Å². The molecule has 1 fully saturated rings. The van der Waals surface area contributed by atoms with Crippen molar-refractivity contribution in [3.63, 3.8) is 0 Å². The Morgan fingerprint density at radius 3 is 2.69 bits per heavy atom. The number of carbonyl (C=O) groups excluding carboxylic acids is 1. The Kier molecular flexibility index (Phi) is 4.92. The van der Waals surface area contributed by atoms with Gasteiger partial charge in [0.25, 0.3) is 5.91 Å². The molecule has 1 aliphatic rings. The molecule has 0 aromatic carbocycles. The number of amides is 1. The third-order valence-corrected chi connectivity index (χ3v) is 4.26. The van der Waals surface area contributed by atoms with Gasteiger partial charge in [0.2, 0.25) is 0 Å². The highest BCUT2D eigenvalue weighted by Crippen LogP contribution is 2.42. The van der Waals surface area contributed by atoms with Crippen LogP contribution in [0.5, 0.6) is 0 Å². The Morgan fingerprint density at radius 1 is 1.38 bits per heavy atom. The van der Waals surface area contributed by atoms with E-state index in [1.165, 1.54) is 4.68 Å². The second-order valence-electron chi connectivity index (χ2n) is 6.35. The van der Waals surface area contributed by atoms with E-state index in [2.05, 4.69) is 15.5 Å². The summed E-state index contributed by atoms with van der Waals surface area (Å²) in [4.78, 5) is 12.1. The van der Waals surface area contributed by atoms with Crippen LogP contribution in [0.2, 0.25) is 0 Å². The number of alkyl halides is 3. The van der Waals surface area contributed by atoms with Crippen molar-refractivity contribution < 1.29 is 18.0 Å². The summed E-state index contributed by atoms with van der Waals surface area (Å²) in [6, 6.07) is 1.13. The normalized spacial score (nSPS) is 14.6. The predicted octanol–water partition coefficient (Wildman–Crippen LogP) is 2.40. The summed E-state index contributed by atoms with van der Waals surface area (Å²) in [5.41, 5.74) is 5.96. The fourth-order valence-electron chi connectivity index (χ4n) is 2.75. The number of aromatic nitrogens is 4. The lowest BCUT2D eigenvalue weighted by Crippen LogP contribution is -2.26. The predicted molar refractivity (Wildman–Crippen MR) is 88.5 cm³/mol. The van der Waals surface area contributed by atoms with Gasteiger partial charge >= 0.3 is 6.18 Å². The van der Waals surface area contributed by atoms with Gasteiger partial charge in [-0.3, -0.25) is 14.2 Å². The van der Waals surface area contributed by atoms with Crippen molar-refractivity contribution in [3.8, 4) is 0 Å². The molecule has 2 aromatic rings. The zero-order valence-corrected chi connectivity index (χ0v) is 14.4. The van der Waals surface area contributed by atoms with Crippen LogP contribution in [0.25, 0.3) is 0 Å². The van der Waals surface area contributed by atoms with E-state index < -0.39 is 17.8 Å². The van der Waals surface area contributed by atoms with E-state index in [9.17, 15) is 18.0 Å². The highest BCUT2D eigenvalue weighted by Gasteiger charge is 2.37. The van der Waals surface area contributed by atoms with Gasteiger partial charge in [0.1, 0.15) is 0 Å². The van der Waals surface area contributed by atoms with Crippen molar-refractivity contribution in [2.75, 3.05) is 12.3 Å². The van der Waals surface area contributed by atoms with Gasteiger partial charge in [-0.25, -0.2) is 0 Å². The third kappa shape index (κ3) is 4.00. The first-order valence-corrected chi connectivity index (χ1v) is 8.55. The molecule has 0 aliphatic heterocycles. The average Bonchev–Trinajstić information content (AvgIpc) is 3.21. The van der Waals surface area contributed by atoms with Gasteiger partial charge < -0.3 is 11.1 Å². The molecule has 10 heteroatoms. The van der Waals surface area contributed by atoms with Gasteiger partial charge in [-0.2, -0.15) is 23.4 Å². The fourth-order valence-corrected chi connectivity index (χ4v) is 2.75. The van der Waals surface area contributed by atoms with E-state index in [-0.39, 0.29) is 11.6 Å². The summed E-state index contributed by atoms with van der Waals surface area (Å²) in [6.07, 6.45) is -0.630. The number of carbonyl (C=O) groups is 1. The minimum absolute atomic E-state index is 0.156. The molecule has 0 unspecified atom stereocenters. The molecule has 26 heavy (non-hydrogen) atoms. The quantitative estimate of drug-likeness (QED) is 0.732. The third-order valence-electron chi connectivity index (χ3n) is 4.26. The molecule has 2 aromatic heterocycles. The van der Waals surface area contributed by atoms with Crippen LogP contribution >= 0.6 is 0 Å². The van der Waals surface area contributed by atoms with Crippen LogP contribution in [0, 0.1) is 0 Å². The number of nitrogens with two attached hydrogens (primary N) is 1. The number of nitrogen functional groups attached to an aromatic ring is 1. The van der Waals surface area contributed by atoms with Gasteiger partial charge in [-0.15, -0.1) is 0 Å². The minimum atomic E-state index is -4.45. The number of anilines is 1. The average molecular weight is 370 g/mol. The van der Waals surface area contributed by atoms with Crippen LogP contribution in [0.3, 0.4) is 0 Å². The minimum Gasteiger partial charge on any atom is -0.396 e. The smallest absolute Gasteiger partial charge is 0.396 e. The maximum atomic E-state index is 12.9. The highest BCUT2D eigenvalue weighted by molar-refractivity contribution is 5.96. The summed E-state index contributed by atoms with van der Waals surface area (Å²) in [6.45, 7) is 3.08. The van der Waals surface area contributed by atoms with Gasteiger partial charge in [0.15, 0.2) is 11.4 Å². The second-order valence-corrected chi connectivity index (χ2v) is 6.35. The topological polar surface area (TPSA) is 90.8 Å². The molecule has 142 valence electrons. The van der Waals surface area contributed by atoms with Gasteiger partial charge in [-0.1, -0.05) is 0 Å². The van der Waals surface area contributed by atoms with E-state index in [0.29, 0.717) is 37.4 Å². The maximum absolute atomic E-state index is 12.9. The number of rotatable bonds is 7. The van der Waals surface area contributed by atoms with E-state index >= 15 is 0 Å². The summed E-state index contributed by atoms with van der Waals surface area (Å²) >= 11 is 0. The lowest BCUT2D eigenvalue weighted by Gasteiger charge is -2.07. The summed E-state index contributed by atoms with van der Waals surface area (Å²) in [7, 11) is 0. The summed E-state index contributed by atoms with van der Waals surface area (Å²) < 4.78 is 41.6. The highest BCUT2D eigenvalue weighted by atomic mass is 19.4. The molecule has 0 bridgehead atoms. The zero-order chi connectivity index (χ0) is 18.9. The van der Waals surface area contributed by atoms with Crippen LogP contribution in [0.4, 0.5) is 18.9 Å². The molecule has 0 radical (unpaired) electrons.